The van der Waals surface area contributed by atoms with Gasteiger partial charge in [-0.25, -0.2) is 4.98 Å². The third-order valence-electron chi connectivity index (χ3n) is 9.48. The molecular weight excluding hydrogens is 575 g/mol. The Hall–Kier alpha value is -5.56. The number of fused-ring (bicyclic) bond motifs is 12. The topological polar surface area (TPSA) is 17.3 Å². The first-order chi connectivity index (χ1) is 22.8. The van der Waals surface area contributed by atoms with Gasteiger partial charge in [-0.15, -0.1) is 0 Å². The Morgan fingerprint density at radius 3 is 1.89 bits per heavy atom. The molecule has 1 atom stereocenters. The number of nitrogens with zero attached hydrogens (tertiary/aromatic N) is 2. The number of para-hydroxylation sites is 2. The quantitative estimate of drug-likeness (QED) is 0.145. The van der Waals surface area contributed by atoms with Crippen molar-refractivity contribution in [3.8, 4) is 0 Å². The fraction of sp³-hybridized carbons (Fsp3) is 0. The van der Waals surface area contributed by atoms with E-state index in [0.717, 1.165) is 11.2 Å². The van der Waals surface area contributed by atoms with E-state index < -0.39 is 7.92 Å². The van der Waals surface area contributed by atoms with Crippen molar-refractivity contribution in [1.29, 1.82) is 0 Å². The summed E-state index contributed by atoms with van der Waals surface area (Å²) >= 11 is 0. The van der Waals surface area contributed by atoms with Gasteiger partial charge in [0.15, 0.2) is 0 Å². The molecule has 2 nitrogen and oxygen atoms in total. The summed E-state index contributed by atoms with van der Waals surface area (Å²) in [7, 11) is -0.942. The molecule has 0 aliphatic rings. The first kappa shape index (κ1) is 25.7. The Bertz CT molecular complexity index is 2830. The molecule has 0 radical (unpaired) electrons. The van der Waals surface area contributed by atoms with Crippen LogP contribution >= 0.6 is 7.92 Å². The highest BCUT2D eigenvalue weighted by Gasteiger charge is 2.24. The van der Waals surface area contributed by atoms with Crippen LogP contribution < -0.4 is 15.9 Å². The van der Waals surface area contributed by atoms with Gasteiger partial charge in [-0.3, -0.25) is 4.40 Å². The molecule has 0 bridgehead atoms. The van der Waals surface area contributed by atoms with Crippen LogP contribution in [0.4, 0.5) is 0 Å². The Morgan fingerprint density at radius 2 is 1.02 bits per heavy atom. The molecule has 0 aliphatic heterocycles. The van der Waals surface area contributed by atoms with Crippen LogP contribution in [-0.2, 0) is 0 Å². The summed E-state index contributed by atoms with van der Waals surface area (Å²) in [6, 6.07) is 60.2. The van der Waals surface area contributed by atoms with Crippen LogP contribution in [0.15, 0.2) is 164 Å². The van der Waals surface area contributed by atoms with E-state index in [0.29, 0.717) is 0 Å². The molecule has 0 amide bonds. The highest BCUT2D eigenvalue weighted by atomic mass is 31.1. The number of benzene rings is 8. The van der Waals surface area contributed by atoms with Crippen molar-refractivity contribution in [2.75, 3.05) is 0 Å². The summed E-state index contributed by atoms with van der Waals surface area (Å²) in [5, 5.41) is 15.3. The summed E-state index contributed by atoms with van der Waals surface area (Å²) in [6.45, 7) is 0. The van der Waals surface area contributed by atoms with Gasteiger partial charge in [0, 0.05) is 16.1 Å². The minimum atomic E-state index is -0.942. The maximum atomic E-state index is 5.33. The molecule has 3 heteroatoms. The molecular formula is C43H27N2P. The van der Waals surface area contributed by atoms with E-state index in [9.17, 15) is 0 Å². The van der Waals surface area contributed by atoms with E-state index in [1.54, 1.807) is 0 Å². The highest BCUT2D eigenvalue weighted by molar-refractivity contribution is 7.80. The first-order valence-corrected chi connectivity index (χ1v) is 17.1. The van der Waals surface area contributed by atoms with Crippen molar-refractivity contribution in [2.45, 2.75) is 0 Å². The molecule has 8 aromatic carbocycles. The number of imidazole rings is 1. The Kier molecular flexibility index (Phi) is 5.58. The molecule has 0 saturated carbocycles. The molecule has 0 aliphatic carbocycles. The molecule has 214 valence electrons. The van der Waals surface area contributed by atoms with Gasteiger partial charge in [0.05, 0.1) is 16.6 Å². The van der Waals surface area contributed by atoms with Gasteiger partial charge in [0.2, 0.25) is 0 Å². The van der Waals surface area contributed by atoms with Gasteiger partial charge in [0.1, 0.15) is 5.65 Å². The first-order valence-electron chi connectivity index (χ1n) is 15.7. The van der Waals surface area contributed by atoms with Crippen LogP contribution in [0.5, 0.6) is 0 Å². The van der Waals surface area contributed by atoms with Crippen molar-refractivity contribution < 1.29 is 0 Å². The van der Waals surface area contributed by atoms with Crippen LogP contribution in [0, 0.1) is 0 Å². The Labute approximate surface area is 266 Å². The summed E-state index contributed by atoms with van der Waals surface area (Å²) in [6.07, 6.45) is 0. The lowest BCUT2D eigenvalue weighted by Gasteiger charge is -2.22. The highest BCUT2D eigenvalue weighted by Crippen LogP contribution is 2.40. The zero-order valence-corrected chi connectivity index (χ0v) is 25.8. The monoisotopic (exact) mass is 602 g/mol. The summed E-state index contributed by atoms with van der Waals surface area (Å²) in [4.78, 5) is 5.33. The third kappa shape index (κ3) is 3.78. The smallest absolute Gasteiger partial charge is 0.146 e. The lowest BCUT2D eigenvalue weighted by Crippen LogP contribution is -2.22. The van der Waals surface area contributed by atoms with Crippen molar-refractivity contribution in [3.63, 3.8) is 0 Å². The fourth-order valence-corrected chi connectivity index (χ4v) is 9.90. The lowest BCUT2D eigenvalue weighted by atomic mass is 10.0. The van der Waals surface area contributed by atoms with E-state index in [-0.39, 0.29) is 0 Å². The molecule has 46 heavy (non-hydrogen) atoms. The van der Waals surface area contributed by atoms with Crippen molar-refractivity contribution in [3.05, 3.63) is 164 Å². The average Bonchev–Trinajstić information content (AvgIpc) is 3.53. The maximum Gasteiger partial charge on any atom is 0.146 e. The molecule has 2 aromatic heterocycles. The van der Waals surface area contributed by atoms with Gasteiger partial charge in [-0.05, 0) is 80.5 Å². The summed E-state index contributed by atoms with van der Waals surface area (Å²) in [5.41, 5.74) is 4.41. The predicted octanol–water partition coefficient (Wildman–Crippen LogP) is 10.0. The minimum Gasteiger partial charge on any atom is -0.291 e. The number of pyridine rings is 1. The number of hydrogen-bond acceptors (Lipinski definition) is 1. The number of hydrogen-bond donors (Lipinski definition) is 0. The van der Waals surface area contributed by atoms with Crippen LogP contribution in [0.3, 0.4) is 0 Å². The molecule has 2 heterocycles. The van der Waals surface area contributed by atoms with E-state index in [4.69, 9.17) is 4.98 Å². The standard InChI is InChI=1S/C43H27N2P/c1-2-12-30-26-32(23-22-28(30)10-1)46(33-24-25-35-31(27-33)21-20-29-11-3-4-13-34(29)35)41-19-9-17-39-42(41)45-40-18-8-7-15-37(40)36-14-5-6-16-38(36)43(45)44-39/h1-27H. The fourth-order valence-electron chi connectivity index (χ4n) is 7.40. The lowest BCUT2D eigenvalue weighted by molar-refractivity contribution is 1.32. The molecule has 0 saturated heterocycles. The SMILES string of the molecule is c1ccc2cc(P(c3ccc4c(ccc5ccccc54)c3)c3cccc4nc5c6ccccc6c6ccccc6n5c34)ccc2c1. The second-order valence-electron chi connectivity index (χ2n) is 12.0. The van der Waals surface area contributed by atoms with Gasteiger partial charge >= 0.3 is 0 Å². The summed E-state index contributed by atoms with van der Waals surface area (Å²) in [5.74, 6) is 0. The molecule has 0 spiro atoms. The molecule has 0 fully saturated rings. The zero-order chi connectivity index (χ0) is 30.2. The van der Waals surface area contributed by atoms with Crippen LogP contribution in [0.1, 0.15) is 0 Å². The molecule has 0 N–H and O–H groups in total. The Morgan fingerprint density at radius 1 is 0.413 bits per heavy atom. The van der Waals surface area contributed by atoms with Gasteiger partial charge in [-0.1, -0.05) is 140 Å². The predicted molar refractivity (Wildman–Crippen MR) is 199 cm³/mol. The van der Waals surface area contributed by atoms with Crippen molar-refractivity contribution in [2.24, 2.45) is 0 Å². The zero-order valence-electron chi connectivity index (χ0n) is 24.9. The van der Waals surface area contributed by atoms with E-state index in [1.165, 1.54) is 75.4 Å². The van der Waals surface area contributed by atoms with Crippen molar-refractivity contribution in [1.82, 2.24) is 9.38 Å². The second kappa shape index (κ2) is 9.97. The second-order valence-corrected chi connectivity index (χ2v) is 14.2. The molecule has 1 unspecified atom stereocenters. The maximum absolute atomic E-state index is 5.33. The van der Waals surface area contributed by atoms with Crippen LogP contribution in [0.25, 0.3) is 70.7 Å². The minimum absolute atomic E-state index is 0.942. The van der Waals surface area contributed by atoms with Crippen LogP contribution in [-0.4, -0.2) is 9.38 Å². The van der Waals surface area contributed by atoms with E-state index in [2.05, 4.69) is 168 Å². The van der Waals surface area contributed by atoms with Crippen molar-refractivity contribution >= 4 is 94.5 Å². The average molecular weight is 603 g/mol. The van der Waals surface area contributed by atoms with Gasteiger partial charge in [-0.2, -0.15) is 0 Å². The number of aromatic nitrogens is 2. The Balaban J connectivity index is 1.32. The van der Waals surface area contributed by atoms with Gasteiger partial charge in [0.25, 0.3) is 0 Å². The molecule has 10 aromatic rings. The number of rotatable bonds is 3. The van der Waals surface area contributed by atoms with E-state index >= 15 is 0 Å². The normalized spacial score (nSPS) is 12.7. The van der Waals surface area contributed by atoms with E-state index in [1.807, 2.05) is 0 Å². The van der Waals surface area contributed by atoms with Crippen LogP contribution in [0.2, 0.25) is 0 Å². The third-order valence-corrected chi connectivity index (χ3v) is 11.9. The van der Waals surface area contributed by atoms with Gasteiger partial charge < -0.3 is 0 Å². The largest absolute Gasteiger partial charge is 0.291 e. The molecule has 10 rings (SSSR count). The summed E-state index contributed by atoms with van der Waals surface area (Å²) < 4.78 is 2.42.